The number of aromatic nitrogens is 5. The Kier molecular flexibility index (Phi) is 8.64. The van der Waals surface area contributed by atoms with Crippen molar-refractivity contribution >= 4 is 34.4 Å². The zero-order valence-electron chi connectivity index (χ0n) is 21.8. The summed E-state index contributed by atoms with van der Waals surface area (Å²) in [5.74, 6) is 0.619. The van der Waals surface area contributed by atoms with Crippen LogP contribution in [-0.4, -0.2) is 61.5 Å². The first-order chi connectivity index (χ1) is 19.0. The normalized spacial score (nSPS) is 14.4. The first-order valence-corrected chi connectivity index (χ1v) is 14.0. The van der Waals surface area contributed by atoms with Crippen molar-refractivity contribution in [3.8, 4) is 10.7 Å². The summed E-state index contributed by atoms with van der Waals surface area (Å²) in [5.41, 5.74) is 14.1. The molecule has 0 radical (unpaired) electrons. The fourth-order valence-electron chi connectivity index (χ4n) is 4.60. The van der Waals surface area contributed by atoms with Crippen LogP contribution in [0.15, 0.2) is 55.4 Å². The van der Waals surface area contributed by atoms with Gasteiger partial charge in [-0.1, -0.05) is 6.07 Å². The molecule has 0 spiro atoms. The largest absolute Gasteiger partial charge is 0.397 e. The summed E-state index contributed by atoms with van der Waals surface area (Å²) in [5, 5.41) is 7.21. The fourth-order valence-corrected chi connectivity index (χ4v) is 5.53. The molecule has 0 unspecified atom stereocenters. The number of carbonyl (C=O) groups excluding carboxylic acids is 1. The number of nitrogens with one attached hydrogen (secondary N) is 2. The maximum atomic E-state index is 12.9. The van der Waals surface area contributed by atoms with Crippen molar-refractivity contribution in [2.24, 2.45) is 5.92 Å². The monoisotopic (exact) mass is 546 g/mol. The van der Waals surface area contributed by atoms with E-state index in [1.165, 1.54) is 10.9 Å². The second kappa shape index (κ2) is 12.7. The van der Waals surface area contributed by atoms with Gasteiger partial charge < -0.3 is 26.7 Å². The summed E-state index contributed by atoms with van der Waals surface area (Å²) in [7, 11) is 0. The molecule has 11 nitrogen and oxygen atoms in total. The second-order valence-corrected chi connectivity index (χ2v) is 10.8. The van der Waals surface area contributed by atoms with Crippen molar-refractivity contribution in [2.45, 2.75) is 32.4 Å². The highest BCUT2D eigenvalue weighted by Gasteiger charge is 2.22. The van der Waals surface area contributed by atoms with E-state index in [9.17, 15) is 4.79 Å². The number of imidazole rings is 1. The number of aryl methyl sites for hydroxylation is 1. The number of hydrogen-bond acceptors (Lipinski definition) is 10. The predicted molar refractivity (Wildman–Crippen MR) is 154 cm³/mol. The lowest BCUT2D eigenvalue weighted by atomic mass is 9.96. The molecule has 5 heterocycles. The van der Waals surface area contributed by atoms with E-state index in [1.54, 1.807) is 30.1 Å². The quantitative estimate of drug-likeness (QED) is 0.208. The molecule has 1 aliphatic rings. The van der Waals surface area contributed by atoms with Gasteiger partial charge in [0.1, 0.15) is 10.7 Å². The Balaban J connectivity index is 1.06. The van der Waals surface area contributed by atoms with Gasteiger partial charge in [-0.2, -0.15) is 0 Å². The first kappa shape index (κ1) is 26.6. The lowest BCUT2D eigenvalue weighted by molar-refractivity contribution is 0.0930. The number of likely N-dealkylation sites (tertiary alicyclic amines) is 1. The Labute approximate surface area is 231 Å². The highest BCUT2D eigenvalue weighted by atomic mass is 32.1. The van der Waals surface area contributed by atoms with E-state index in [4.69, 9.17) is 11.5 Å². The number of hydrogen-bond donors (Lipinski definition) is 4. The third-order valence-corrected chi connectivity index (χ3v) is 7.85. The number of pyridine rings is 2. The molecule has 204 valence electrons. The summed E-state index contributed by atoms with van der Waals surface area (Å²) in [6, 6.07) is 7.41. The second-order valence-electron chi connectivity index (χ2n) is 9.72. The van der Waals surface area contributed by atoms with Crippen LogP contribution in [0.1, 0.15) is 34.6 Å². The van der Waals surface area contributed by atoms with Gasteiger partial charge in [-0.3, -0.25) is 14.7 Å². The zero-order valence-corrected chi connectivity index (χ0v) is 22.6. The SMILES string of the molecule is Nc1cc(C(=O)NCC2CCN(Cc3cnc(-c4ccccn4)s3)CC2)nc(NCCCn2ccnc2)c1N. The molecule has 0 saturated carbocycles. The Morgan fingerprint density at radius 1 is 1.15 bits per heavy atom. The molecular weight excluding hydrogens is 512 g/mol. The lowest BCUT2D eigenvalue weighted by Crippen LogP contribution is -2.38. The Morgan fingerprint density at radius 3 is 2.79 bits per heavy atom. The molecule has 0 bridgehead atoms. The van der Waals surface area contributed by atoms with Crippen molar-refractivity contribution in [1.82, 2.24) is 34.7 Å². The van der Waals surface area contributed by atoms with Gasteiger partial charge in [-0.15, -0.1) is 11.3 Å². The summed E-state index contributed by atoms with van der Waals surface area (Å²) in [4.78, 5) is 34.0. The van der Waals surface area contributed by atoms with E-state index in [0.717, 1.165) is 56.1 Å². The number of rotatable bonds is 11. The highest BCUT2D eigenvalue weighted by Crippen LogP contribution is 2.26. The number of thiazole rings is 1. The molecule has 0 aliphatic carbocycles. The average Bonchev–Trinajstić information content (AvgIpc) is 3.66. The highest BCUT2D eigenvalue weighted by molar-refractivity contribution is 7.14. The minimum atomic E-state index is -0.239. The molecule has 6 N–H and O–H groups in total. The molecule has 1 fully saturated rings. The first-order valence-electron chi connectivity index (χ1n) is 13.2. The standard InChI is InChI=1S/C27H34N10OS/c28-21-14-23(35-25(24(21)29)32-8-3-10-37-13-9-30-18-37)26(38)33-15-19-5-11-36(12-6-19)17-20-16-34-27(39-20)22-4-1-2-7-31-22/h1-2,4,7,9,13-14,16,18-19H,3,5-6,8,10-12,15,17,29H2,(H,33,38)(H3,28,32,35). The number of piperidine rings is 1. The van der Waals surface area contributed by atoms with Crippen LogP contribution in [0.5, 0.6) is 0 Å². The maximum Gasteiger partial charge on any atom is 0.270 e. The molecule has 0 aromatic carbocycles. The van der Waals surface area contributed by atoms with Crippen molar-refractivity contribution in [3.05, 3.63) is 66.0 Å². The van der Waals surface area contributed by atoms with E-state index in [1.807, 2.05) is 35.2 Å². The van der Waals surface area contributed by atoms with Crippen LogP contribution in [0.4, 0.5) is 17.2 Å². The molecule has 4 aromatic heterocycles. The van der Waals surface area contributed by atoms with Crippen LogP contribution >= 0.6 is 11.3 Å². The number of nitrogens with two attached hydrogens (primary N) is 2. The minimum absolute atomic E-state index is 0.239. The molecule has 4 aromatic rings. The Bertz CT molecular complexity index is 1350. The van der Waals surface area contributed by atoms with Gasteiger partial charge in [0.15, 0.2) is 5.82 Å². The van der Waals surface area contributed by atoms with Crippen molar-refractivity contribution < 1.29 is 4.79 Å². The number of nitrogens with zero attached hydrogens (tertiary/aromatic N) is 6. The Morgan fingerprint density at radius 2 is 2.03 bits per heavy atom. The predicted octanol–water partition coefficient (Wildman–Crippen LogP) is 3.11. The van der Waals surface area contributed by atoms with Gasteiger partial charge in [0, 0.05) is 55.8 Å². The number of carbonyl (C=O) groups is 1. The van der Waals surface area contributed by atoms with Crippen LogP contribution in [0.2, 0.25) is 0 Å². The van der Waals surface area contributed by atoms with Crippen molar-refractivity contribution in [2.75, 3.05) is 43.0 Å². The minimum Gasteiger partial charge on any atom is -0.397 e. The maximum absolute atomic E-state index is 12.9. The van der Waals surface area contributed by atoms with Crippen LogP contribution in [0, 0.1) is 5.92 Å². The van der Waals surface area contributed by atoms with Gasteiger partial charge in [-0.25, -0.2) is 15.0 Å². The molecule has 1 amide bonds. The zero-order chi connectivity index (χ0) is 27.0. The topological polar surface area (TPSA) is 153 Å². The molecule has 1 saturated heterocycles. The van der Waals surface area contributed by atoms with Gasteiger partial charge in [0.2, 0.25) is 0 Å². The van der Waals surface area contributed by atoms with E-state index in [-0.39, 0.29) is 11.6 Å². The molecule has 1 aliphatic heterocycles. The van der Waals surface area contributed by atoms with Crippen molar-refractivity contribution in [1.29, 1.82) is 0 Å². The molecule has 0 atom stereocenters. The van der Waals surface area contributed by atoms with E-state index < -0.39 is 0 Å². The molecule has 12 heteroatoms. The summed E-state index contributed by atoms with van der Waals surface area (Å²) in [6.07, 6.45) is 12.1. The molecule has 39 heavy (non-hydrogen) atoms. The smallest absolute Gasteiger partial charge is 0.270 e. The number of anilines is 3. The van der Waals surface area contributed by atoms with Crippen LogP contribution in [-0.2, 0) is 13.1 Å². The van der Waals surface area contributed by atoms with Crippen molar-refractivity contribution in [3.63, 3.8) is 0 Å². The van der Waals surface area contributed by atoms with Gasteiger partial charge in [0.05, 0.1) is 23.4 Å². The fraction of sp³-hybridized carbons (Fsp3) is 0.370. The third-order valence-electron chi connectivity index (χ3n) is 6.84. The summed E-state index contributed by atoms with van der Waals surface area (Å²) in [6.45, 7) is 4.92. The van der Waals surface area contributed by atoms with E-state index in [0.29, 0.717) is 36.2 Å². The van der Waals surface area contributed by atoms with E-state index in [2.05, 4.69) is 35.5 Å². The lowest BCUT2D eigenvalue weighted by Gasteiger charge is -2.31. The number of nitrogen functional groups attached to an aromatic ring is 2. The van der Waals surface area contributed by atoms with Gasteiger partial charge >= 0.3 is 0 Å². The molecule has 5 rings (SSSR count). The molecular formula is C27H34N10OS. The van der Waals surface area contributed by atoms with Gasteiger partial charge in [0.25, 0.3) is 5.91 Å². The summed E-state index contributed by atoms with van der Waals surface area (Å²) >= 11 is 1.69. The van der Waals surface area contributed by atoms with E-state index >= 15 is 0 Å². The Hall–Kier alpha value is -4.03. The summed E-state index contributed by atoms with van der Waals surface area (Å²) < 4.78 is 2.00. The average molecular weight is 547 g/mol. The van der Waals surface area contributed by atoms with Crippen LogP contribution in [0.3, 0.4) is 0 Å². The van der Waals surface area contributed by atoms with Gasteiger partial charge in [-0.05, 0) is 56.5 Å². The van der Waals surface area contributed by atoms with Crippen LogP contribution < -0.4 is 22.1 Å². The number of amides is 1. The third kappa shape index (κ3) is 7.09. The van der Waals surface area contributed by atoms with Crippen LogP contribution in [0.25, 0.3) is 10.7 Å².